The first kappa shape index (κ1) is 21.7. The van der Waals surface area contributed by atoms with Crippen molar-refractivity contribution in [1.29, 1.82) is 0 Å². The molecule has 4 nitrogen and oxygen atoms in total. The topological polar surface area (TPSA) is 42.4 Å². The van der Waals surface area contributed by atoms with E-state index in [0.717, 1.165) is 55.7 Å². The molecule has 6 aromatic carbocycles. The van der Waals surface area contributed by atoms with E-state index in [-0.39, 0.29) is 0 Å². The van der Waals surface area contributed by atoms with Crippen LogP contribution in [0.25, 0.3) is 55.3 Å². The molecule has 0 amide bonds. The molecular weight excluding hydrogens is 480 g/mol. The number of nitrogens with zero attached hydrogens (tertiary/aromatic N) is 2. The van der Waals surface area contributed by atoms with Crippen molar-refractivity contribution in [2.45, 2.75) is 0 Å². The van der Waals surface area contributed by atoms with Crippen LogP contribution in [0.1, 0.15) is 0 Å². The number of rotatable bonds is 4. The van der Waals surface area contributed by atoms with E-state index in [0.29, 0.717) is 5.89 Å². The zero-order valence-corrected chi connectivity index (χ0v) is 20.9. The molecule has 2 heterocycles. The third-order valence-corrected chi connectivity index (χ3v) is 7.26. The Hall–Kier alpha value is -5.35. The van der Waals surface area contributed by atoms with Crippen LogP contribution in [0.15, 0.2) is 142 Å². The molecular formula is C35H22N2O2. The summed E-state index contributed by atoms with van der Waals surface area (Å²) < 4.78 is 12.5. The molecule has 39 heavy (non-hydrogen) atoms. The summed E-state index contributed by atoms with van der Waals surface area (Å²) in [5.74, 6) is 0.602. The number of aromatic nitrogens is 1. The number of hydrogen-bond acceptors (Lipinski definition) is 4. The summed E-state index contributed by atoms with van der Waals surface area (Å²) in [5.41, 5.74) is 7.31. The number of para-hydroxylation sites is 1. The third-order valence-electron chi connectivity index (χ3n) is 7.26. The van der Waals surface area contributed by atoms with Gasteiger partial charge in [0.15, 0.2) is 5.58 Å². The molecule has 0 aliphatic heterocycles. The lowest BCUT2D eigenvalue weighted by Crippen LogP contribution is -2.09. The zero-order chi connectivity index (χ0) is 25.8. The fourth-order valence-electron chi connectivity index (χ4n) is 5.42. The lowest BCUT2D eigenvalue weighted by Gasteiger charge is -2.25. The fourth-order valence-corrected chi connectivity index (χ4v) is 5.42. The van der Waals surface area contributed by atoms with Crippen LogP contribution in [0.4, 0.5) is 17.1 Å². The highest BCUT2D eigenvalue weighted by molar-refractivity contribution is 6.17. The molecule has 0 radical (unpaired) electrons. The van der Waals surface area contributed by atoms with E-state index in [1.165, 1.54) is 10.8 Å². The maximum atomic E-state index is 6.28. The first-order valence-corrected chi connectivity index (χ1v) is 13.0. The quantitative estimate of drug-likeness (QED) is 0.240. The second-order valence-corrected chi connectivity index (χ2v) is 9.66. The lowest BCUT2D eigenvalue weighted by atomic mass is 10.1. The van der Waals surface area contributed by atoms with Gasteiger partial charge in [-0.1, -0.05) is 66.7 Å². The SMILES string of the molecule is c1ccc(-c2nc3c(ccc4oc5ccc(N(c6ccccc6)c6ccc7ccccc7c6)cc5c43)o2)cc1. The molecule has 0 unspecified atom stereocenters. The largest absolute Gasteiger partial charge is 0.456 e. The van der Waals surface area contributed by atoms with Gasteiger partial charge in [-0.3, -0.25) is 0 Å². The van der Waals surface area contributed by atoms with Crippen molar-refractivity contribution in [2.24, 2.45) is 0 Å². The Kier molecular flexibility index (Phi) is 4.79. The minimum atomic E-state index is 0.602. The standard InChI is InChI=1S/C35H22N2O2/c1-3-10-24(11-4-1)35-36-34-32(39-35)20-19-31-33(34)29-22-28(17-18-30(29)38-31)37(26-13-5-2-6-14-26)27-16-15-23-9-7-8-12-25(23)21-27/h1-22H. The Morgan fingerprint density at radius 3 is 2.00 bits per heavy atom. The molecule has 0 bridgehead atoms. The predicted octanol–water partition coefficient (Wildman–Crippen LogP) is 10.0. The summed E-state index contributed by atoms with van der Waals surface area (Å²) in [6.45, 7) is 0. The van der Waals surface area contributed by atoms with E-state index in [9.17, 15) is 0 Å². The molecule has 8 aromatic rings. The van der Waals surface area contributed by atoms with Crippen LogP contribution in [-0.4, -0.2) is 4.98 Å². The highest BCUT2D eigenvalue weighted by Crippen LogP contribution is 2.41. The van der Waals surface area contributed by atoms with Crippen molar-refractivity contribution < 1.29 is 8.83 Å². The van der Waals surface area contributed by atoms with Crippen molar-refractivity contribution in [3.05, 3.63) is 133 Å². The Balaban J connectivity index is 1.36. The lowest BCUT2D eigenvalue weighted by molar-refractivity contribution is 0.619. The Bertz CT molecular complexity index is 2130. The van der Waals surface area contributed by atoms with Crippen molar-refractivity contribution >= 4 is 60.9 Å². The highest BCUT2D eigenvalue weighted by atomic mass is 16.4. The molecule has 2 aromatic heterocycles. The van der Waals surface area contributed by atoms with Crippen LogP contribution in [0.2, 0.25) is 0 Å². The van der Waals surface area contributed by atoms with Gasteiger partial charge in [-0.25, -0.2) is 4.98 Å². The van der Waals surface area contributed by atoms with Crippen LogP contribution < -0.4 is 4.90 Å². The van der Waals surface area contributed by atoms with Crippen molar-refractivity contribution in [2.75, 3.05) is 4.90 Å². The van der Waals surface area contributed by atoms with Crippen molar-refractivity contribution in [3.8, 4) is 11.5 Å². The van der Waals surface area contributed by atoms with E-state index >= 15 is 0 Å². The van der Waals surface area contributed by atoms with Gasteiger partial charge in [0.05, 0.1) is 5.39 Å². The zero-order valence-electron chi connectivity index (χ0n) is 20.9. The maximum Gasteiger partial charge on any atom is 0.227 e. The first-order valence-electron chi connectivity index (χ1n) is 13.0. The van der Waals surface area contributed by atoms with Gasteiger partial charge in [-0.2, -0.15) is 0 Å². The third kappa shape index (κ3) is 3.57. The molecule has 0 N–H and O–H groups in total. The summed E-state index contributed by atoms with van der Waals surface area (Å²) in [4.78, 5) is 7.20. The van der Waals surface area contributed by atoms with Crippen molar-refractivity contribution in [1.82, 2.24) is 4.98 Å². The number of hydrogen-bond donors (Lipinski definition) is 0. The van der Waals surface area contributed by atoms with Crippen LogP contribution in [0.5, 0.6) is 0 Å². The van der Waals surface area contributed by atoms with E-state index in [1.807, 2.05) is 54.6 Å². The molecule has 0 aliphatic rings. The van der Waals surface area contributed by atoms with Gasteiger partial charge in [0.2, 0.25) is 5.89 Å². The number of furan rings is 1. The summed E-state index contributed by atoms with van der Waals surface area (Å²) in [6.07, 6.45) is 0. The second-order valence-electron chi connectivity index (χ2n) is 9.66. The fraction of sp³-hybridized carbons (Fsp3) is 0. The minimum absolute atomic E-state index is 0.602. The van der Waals surface area contributed by atoms with Crippen LogP contribution in [0, 0.1) is 0 Å². The average Bonchev–Trinajstić information content (AvgIpc) is 3.60. The van der Waals surface area contributed by atoms with Gasteiger partial charge in [-0.05, 0) is 77.5 Å². The van der Waals surface area contributed by atoms with E-state index < -0.39 is 0 Å². The van der Waals surface area contributed by atoms with E-state index in [4.69, 9.17) is 13.8 Å². The molecule has 0 atom stereocenters. The van der Waals surface area contributed by atoms with Crippen LogP contribution in [-0.2, 0) is 0 Å². The molecule has 0 saturated heterocycles. The Labute approximate surface area is 224 Å². The van der Waals surface area contributed by atoms with Gasteiger partial charge >= 0.3 is 0 Å². The van der Waals surface area contributed by atoms with Crippen LogP contribution in [0.3, 0.4) is 0 Å². The summed E-state index contributed by atoms with van der Waals surface area (Å²) in [6, 6.07) is 45.7. The highest BCUT2D eigenvalue weighted by Gasteiger charge is 2.19. The van der Waals surface area contributed by atoms with Gasteiger partial charge in [-0.15, -0.1) is 0 Å². The molecule has 0 aliphatic carbocycles. The summed E-state index contributed by atoms with van der Waals surface area (Å²) in [5, 5.41) is 4.38. The molecule has 0 spiro atoms. The molecule has 184 valence electrons. The monoisotopic (exact) mass is 502 g/mol. The molecule has 8 rings (SSSR count). The number of fused-ring (bicyclic) bond motifs is 6. The van der Waals surface area contributed by atoms with Gasteiger partial charge in [0.25, 0.3) is 0 Å². The van der Waals surface area contributed by atoms with E-state index in [2.05, 4.69) is 83.8 Å². The number of anilines is 3. The number of benzene rings is 6. The number of oxazole rings is 1. The summed E-state index contributed by atoms with van der Waals surface area (Å²) >= 11 is 0. The smallest absolute Gasteiger partial charge is 0.227 e. The first-order chi connectivity index (χ1) is 19.3. The maximum absolute atomic E-state index is 6.28. The van der Waals surface area contributed by atoms with Crippen molar-refractivity contribution in [3.63, 3.8) is 0 Å². The Morgan fingerprint density at radius 2 is 1.15 bits per heavy atom. The van der Waals surface area contributed by atoms with Gasteiger partial charge in [0.1, 0.15) is 16.7 Å². The van der Waals surface area contributed by atoms with Crippen LogP contribution >= 0.6 is 0 Å². The summed E-state index contributed by atoms with van der Waals surface area (Å²) in [7, 11) is 0. The average molecular weight is 503 g/mol. The van der Waals surface area contributed by atoms with Gasteiger partial charge < -0.3 is 13.7 Å². The van der Waals surface area contributed by atoms with E-state index in [1.54, 1.807) is 0 Å². The normalized spacial score (nSPS) is 11.6. The predicted molar refractivity (Wildman–Crippen MR) is 159 cm³/mol. The molecule has 4 heteroatoms. The molecule has 0 saturated carbocycles. The second kappa shape index (κ2) is 8.61. The van der Waals surface area contributed by atoms with Gasteiger partial charge in [0, 0.05) is 28.0 Å². The molecule has 0 fully saturated rings. The Morgan fingerprint density at radius 1 is 0.487 bits per heavy atom. The minimum Gasteiger partial charge on any atom is -0.456 e.